The number of fused-ring (bicyclic) bond motifs is 1. The van der Waals surface area contributed by atoms with Gasteiger partial charge in [-0.2, -0.15) is 0 Å². The van der Waals surface area contributed by atoms with Gasteiger partial charge in [0.2, 0.25) is 0 Å². The zero-order valence-corrected chi connectivity index (χ0v) is 13.4. The third-order valence-electron chi connectivity index (χ3n) is 4.88. The number of aryl methyl sites for hydroxylation is 1. The van der Waals surface area contributed by atoms with Crippen LogP contribution in [0.4, 0.5) is 0 Å². The normalized spacial score (nSPS) is 26.8. The van der Waals surface area contributed by atoms with Crippen molar-refractivity contribution in [1.82, 2.24) is 10.2 Å². The van der Waals surface area contributed by atoms with Crippen molar-refractivity contribution in [3.8, 4) is 5.75 Å². The fourth-order valence-corrected chi connectivity index (χ4v) is 3.72. The molecule has 3 heteroatoms. The van der Waals surface area contributed by atoms with Crippen molar-refractivity contribution in [1.29, 1.82) is 0 Å². The van der Waals surface area contributed by atoms with Crippen molar-refractivity contribution >= 4 is 0 Å². The zero-order valence-electron chi connectivity index (χ0n) is 13.4. The second-order valence-corrected chi connectivity index (χ2v) is 6.72. The molecule has 21 heavy (non-hydrogen) atoms. The number of ether oxygens (including phenoxy) is 1. The third-order valence-corrected chi connectivity index (χ3v) is 4.88. The molecule has 0 radical (unpaired) electrons. The van der Waals surface area contributed by atoms with Crippen molar-refractivity contribution in [2.45, 2.75) is 38.6 Å². The summed E-state index contributed by atoms with van der Waals surface area (Å²) in [6.45, 7) is 6.62. The van der Waals surface area contributed by atoms with Gasteiger partial charge in [-0.25, -0.2) is 0 Å². The first kappa shape index (κ1) is 14.9. The largest absolute Gasteiger partial charge is 0.493 e. The van der Waals surface area contributed by atoms with E-state index in [2.05, 4.69) is 42.4 Å². The van der Waals surface area contributed by atoms with Gasteiger partial charge in [-0.05, 0) is 64.2 Å². The van der Waals surface area contributed by atoms with E-state index in [9.17, 15) is 0 Å². The minimum Gasteiger partial charge on any atom is -0.493 e. The second-order valence-electron chi connectivity index (χ2n) is 6.72. The van der Waals surface area contributed by atoms with Crippen LogP contribution in [0.25, 0.3) is 0 Å². The Morgan fingerprint density at radius 2 is 2.19 bits per heavy atom. The molecule has 1 aromatic rings. The number of para-hydroxylation sites is 1. The lowest BCUT2D eigenvalue weighted by Gasteiger charge is -2.31. The van der Waals surface area contributed by atoms with Crippen molar-refractivity contribution in [2.24, 2.45) is 5.92 Å². The van der Waals surface area contributed by atoms with Gasteiger partial charge in [0, 0.05) is 18.2 Å². The zero-order chi connectivity index (χ0) is 14.7. The summed E-state index contributed by atoms with van der Waals surface area (Å²) < 4.78 is 5.97. The van der Waals surface area contributed by atoms with Crippen LogP contribution >= 0.6 is 0 Å². The minimum atomic E-state index is 0.453. The average Bonchev–Trinajstić information content (AvgIpc) is 2.69. The van der Waals surface area contributed by atoms with Crippen LogP contribution in [-0.4, -0.2) is 38.2 Å². The molecule has 2 unspecified atom stereocenters. The molecule has 0 amide bonds. The molecule has 2 aliphatic rings. The Morgan fingerprint density at radius 3 is 3.05 bits per heavy atom. The van der Waals surface area contributed by atoms with E-state index >= 15 is 0 Å². The van der Waals surface area contributed by atoms with Gasteiger partial charge in [0.25, 0.3) is 0 Å². The number of nitrogens with zero attached hydrogens (tertiary/aromatic N) is 1. The van der Waals surface area contributed by atoms with Crippen LogP contribution in [0.5, 0.6) is 5.75 Å². The summed E-state index contributed by atoms with van der Waals surface area (Å²) in [6, 6.07) is 7.00. The highest BCUT2D eigenvalue weighted by atomic mass is 16.5. The molecule has 2 aliphatic heterocycles. The number of nitrogens with one attached hydrogen (secondary N) is 1. The van der Waals surface area contributed by atoms with Crippen LogP contribution < -0.4 is 10.1 Å². The molecule has 1 saturated heterocycles. The van der Waals surface area contributed by atoms with E-state index in [4.69, 9.17) is 4.74 Å². The molecule has 1 N–H and O–H groups in total. The standard InChI is InChI=1S/C18H28N2O/c1-14-6-3-8-16-17(9-5-11-21-18(14)16)19-12-15-7-4-10-20(2)13-15/h3,6,8,15,17,19H,4-5,7,9-13H2,1-2H3. The second kappa shape index (κ2) is 6.80. The minimum absolute atomic E-state index is 0.453. The average molecular weight is 288 g/mol. The predicted octanol–water partition coefficient (Wildman–Crippen LogP) is 3.14. The third kappa shape index (κ3) is 3.58. The molecule has 0 bridgehead atoms. The van der Waals surface area contributed by atoms with Gasteiger partial charge in [0.05, 0.1) is 6.61 Å². The van der Waals surface area contributed by atoms with Crippen LogP contribution in [0.15, 0.2) is 18.2 Å². The van der Waals surface area contributed by atoms with Gasteiger partial charge >= 0.3 is 0 Å². The summed E-state index contributed by atoms with van der Waals surface area (Å²) in [7, 11) is 2.24. The SMILES string of the molecule is Cc1cccc2c1OCCCC2NCC1CCCN(C)C1. The molecule has 1 aromatic carbocycles. The Bertz CT molecular complexity index is 474. The number of benzene rings is 1. The van der Waals surface area contributed by atoms with Gasteiger partial charge in [-0.1, -0.05) is 18.2 Å². The number of hydrogen-bond acceptors (Lipinski definition) is 3. The Morgan fingerprint density at radius 1 is 1.29 bits per heavy atom. The predicted molar refractivity (Wildman–Crippen MR) is 86.9 cm³/mol. The van der Waals surface area contributed by atoms with Crippen molar-refractivity contribution < 1.29 is 4.74 Å². The summed E-state index contributed by atoms with van der Waals surface area (Å²) in [5.41, 5.74) is 2.62. The van der Waals surface area contributed by atoms with Crippen molar-refractivity contribution in [3.63, 3.8) is 0 Å². The maximum absolute atomic E-state index is 5.97. The van der Waals surface area contributed by atoms with E-state index in [0.29, 0.717) is 6.04 Å². The van der Waals surface area contributed by atoms with Gasteiger partial charge in [-0.15, -0.1) is 0 Å². The summed E-state index contributed by atoms with van der Waals surface area (Å²) >= 11 is 0. The Balaban J connectivity index is 1.67. The maximum Gasteiger partial charge on any atom is 0.126 e. The van der Waals surface area contributed by atoms with E-state index in [1.165, 1.54) is 43.5 Å². The monoisotopic (exact) mass is 288 g/mol. The molecule has 0 spiro atoms. The molecule has 2 atom stereocenters. The molecule has 0 aromatic heterocycles. The highest BCUT2D eigenvalue weighted by Gasteiger charge is 2.23. The number of hydrogen-bond donors (Lipinski definition) is 1. The van der Waals surface area contributed by atoms with E-state index in [1.807, 2.05) is 0 Å². The van der Waals surface area contributed by atoms with Gasteiger partial charge < -0.3 is 15.0 Å². The molecule has 0 aliphatic carbocycles. The van der Waals surface area contributed by atoms with Gasteiger partial charge in [0.1, 0.15) is 5.75 Å². The molecule has 116 valence electrons. The first-order chi connectivity index (χ1) is 10.2. The number of likely N-dealkylation sites (tertiary alicyclic amines) is 1. The van der Waals surface area contributed by atoms with E-state index in [0.717, 1.165) is 31.2 Å². The van der Waals surface area contributed by atoms with E-state index < -0.39 is 0 Å². The lowest BCUT2D eigenvalue weighted by molar-refractivity contribution is 0.202. The lowest BCUT2D eigenvalue weighted by Crippen LogP contribution is -2.38. The smallest absolute Gasteiger partial charge is 0.126 e. The van der Waals surface area contributed by atoms with Gasteiger partial charge in [0.15, 0.2) is 0 Å². The first-order valence-electron chi connectivity index (χ1n) is 8.38. The van der Waals surface area contributed by atoms with Crippen molar-refractivity contribution in [2.75, 3.05) is 33.3 Å². The molecule has 2 heterocycles. The Kier molecular flexibility index (Phi) is 4.81. The molecular formula is C18H28N2O. The molecule has 3 nitrogen and oxygen atoms in total. The van der Waals surface area contributed by atoms with E-state index in [-0.39, 0.29) is 0 Å². The van der Waals surface area contributed by atoms with Crippen LogP contribution in [0.1, 0.15) is 42.9 Å². The van der Waals surface area contributed by atoms with Crippen LogP contribution in [0.2, 0.25) is 0 Å². The highest BCUT2D eigenvalue weighted by Crippen LogP contribution is 2.34. The van der Waals surface area contributed by atoms with Crippen LogP contribution in [-0.2, 0) is 0 Å². The molecule has 3 rings (SSSR count). The molecule has 0 saturated carbocycles. The highest BCUT2D eigenvalue weighted by molar-refractivity contribution is 5.43. The Hall–Kier alpha value is -1.06. The van der Waals surface area contributed by atoms with Gasteiger partial charge in [-0.3, -0.25) is 0 Å². The van der Waals surface area contributed by atoms with Crippen LogP contribution in [0.3, 0.4) is 0 Å². The summed E-state index contributed by atoms with van der Waals surface area (Å²) in [4.78, 5) is 2.46. The van der Waals surface area contributed by atoms with Crippen LogP contribution in [0, 0.1) is 12.8 Å². The number of piperidine rings is 1. The summed E-state index contributed by atoms with van der Waals surface area (Å²) in [5.74, 6) is 1.91. The quantitative estimate of drug-likeness (QED) is 0.925. The Labute approximate surface area is 128 Å². The lowest BCUT2D eigenvalue weighted by atomic mass is 9.96. The van der Waals surface area contributed by atoms with Crippen molar-refractivity contribution in [3.05, 3.63) is 29.3 Å². The summed E-state index contributed by atoms with van der Waals surface area (Å²) in [5, 5.41) is 3.83. The fourth-order valence-electron chi connectivity index (χ4n) is 3.72. The maximum atomic E-state index is 5.97. The summed E-state index contributed by atoms with van der Waals surface area (Å²) in [6.07, 6.45) is 5.02. The van der Waals surface area contributed by atoms with E-state index in [1.54, 1.807) is 0 Å². The first-order valence-corrected chi connectivity index (χ1v) is 8.38. The fraction of sp³-hybridized carbons (Fsp3) is 0.667. The molecular weight excluding hydrogens is 260 g/mol. The number of rotatable bonds is 3. The topological polar surface area (TPSA) is 24.5 Å². The molecule has 1 fully saturated rings.